The molecule has 7 nitrogen and oxygen atoms in total. The van der Waals surface area contributed by atoms with E-state index in [0.29, 0.717) is 45.6 Å². The maximum absolute atomic E-state index is 12.6. The van der Waals surface area contributed by atoms with Crippen LogP contribution in [0.1, 0.15) is 19.3 Å². The number of nitrogens with zero attached hydrogens (tertiary/aromatic N) is 3. The van der Waals surface area contributed by atoms with Gasteiger partial charge < -0.3 is 20.0 Å². The summed E-state index contributed by atoms with van der Waals surface area (Å²) in [5, 5.41) is 2.90. The number of hydrogen-bond donors (Lipinski definition) is 1. The molecule has 124 valence electrons. The Hall–Kier alpha value is -1.63. The third-order valence-electron chi connectivity index (χ3n) is 4.41. The minimum Gasteiger partial charge on any atom is -0.355 e. The van der Waals surface area contributed by atoms with Gasteiger partial charge in [-0.15, -0.1) is 0 Å². The first-order chi connectivity index (χ1) is 10.5. The number of hydrogen-bond acceptors (Lipinski definition) is 4. The quantitative estimate of drug-likeness (QED) is 0.377. The molecule has 0 bridgehead atoms. The van der Waals surface area contributed by atoms with Crippen molar-refractivity contribution >= 4 is 18.2 Å². The molecule has 0 radical (unpaired) electrons. The van der Waals surface area contributed by atoms with Crippen molar-refractivity contribution in [1.29, 1.82) is 0 Å². The van der Waals surface area contributed by atoms with E-state index in [2.05, 4.69) is 10.2 Å². The predicted octanol–water partition coefficient (Wildman–Crippen LogP) is -0.865. The van der Waals surface area contributed by atoms with Crippen LogP contribution in [0.4, 0.5) is 0 Å². The van der Waals surface area contributed by atoms with Crippen LogP contribution in [-0.4, -0.2) is 86.3 Å². The van der Waals surface area contributed by atoms with Gasteiger partial charge in [0.1, 0.15) is 5.41 Å². The zero-order valence-corrected chi connectivity index (χ0v) is 13.5. The number of amides is 3. The van der Waals surface area contributed by atoms with E-state index < -0.39 is 5.41 Å². The minimum atomic E-state index is -0.832. The highest BCUT2D eigenvalue weighted by Gasteiger charge is 2.57. The first-order valence-corrected chi connectivity index (χ1v) is 7.91. The average Bonchev–Trinajstić information content (AvgIpc) is 3.32. The summed E-state index contributed by atoms with van der Waals surface area (Å²) in [6.45, 7) is 3.66. The highest BCUT2D eigenvalue weighted by molar-refractivity contribution is 6.07. The van der Waals surface area contributed by atoms with Crippen LogP contribution in [-0.2, 0) is 14.4 Å². The molecule has 1 aliphatic carbocycles. The van der Waals surface area contributed by atoms with Gasteiger partial charge in [0.05, 0.1) is 0 Å². The molecule has 1 N–H and O–H groups in total. The molecule has 1 saturated heterocycles. The lowest BCUT2D eigenvalue weighted by Gasteiger charge is -2.34. The van der Waals surface area contributed by atoms with Crippen molar-refractivity contribution in [1.82, 2.24) is 20.0 Å². The zero-order valence-electron chi connectivity index (χ0n) is 13.5. The summed E-state index contributed by atoms with van der Waals surface area (Å²) in [5.41, 5.74) is -0.832. The molecular weight excluding hydrogens is 284 g/mol. The Morgan fingerprint density at radius 2 is 1.82 bits per heavy atom. The summed E-state index contributed by atoms with van der Waals surface area (Å²) in [4.78, 5) is 41.1. The topological polar surface area (TPSA) is 73.0 Å². The molecule has 2 aliphatic rings. The molecule has 22 heavy (non-hydrogen) atoms. The second-order valence-electron chi connectivity index (χ2n) is 6.43. The fourth-order valence-electron chi connectivity index (χ4n) is 2.76. The van der Waals surface area contributed by atoms with E-state index in [1.54, 1.807) is 9.80 Å². The number of carbonyl (C=O) groups excluding carboxylic acids is 3. The van der Waals surface area contributed by atoms with Crippen LogP contribution in [0.2, 0.25) is 0 Å². The van der Waals surface area contributed by atoms with Gasteiger partial charge in [0.25, 0.3) is 0 Å². The van der Waals surface area contributed by atoms with Crippen molar-refractivity contribution in [3.63, 3.8) is 0 Å². The second-order valence-corrected chi connectivity index (χ2v) is 6.43. The number of piperazine rings is 1. The molecule has 7 heteroatoms. The van der Waals surface area contributed by atoms with Gasteiger partial charge in [-0.05, 0) is 39.9 Å². The SMILES string of the molecule is CN(C)CCCNC(=O)C1(C(=O)N2CCN(C=O)CC2)CC1. The van der Waals surface area contributed by atoms with Gasteiger partial charge in [-0.25, -0.2) is 0 Å². The summed E-state index contributed by atoms with van der Waals surface area (Å²) in [6, 6.07) is 0. The third-order valence-corrected chi connectivity index (χ3v) is 4.41. The maximum Gasteiger partial charge on any atom is 0.238 e. The lowest BCUT2D eigenvalue weighted by atomic mass is 10.0. The third kappa shape index (κ3) is 3.76. The molecule has 0 spiro atoms. The van der Waals surface area contributed by atoms with Gasteiger partial charge in [0.15, 0.2) is 0 Å². The number of nitrogens with one attached hydrogen (secondary N) is 1. The van der Waals surface area contributed by atoms with Crippen LogP contribution in [0, 0.1) is 5.41 Å². The molecule has 1 aliphatic heterocycles. The largest absolute Gasteiger partial charge is 0.355 e. The lowest BCUT2D eigenvalue weighted by Crippen LogP contribution is -2.53. The molecule has 2 fully saturated rings. The summed E-state index contributed by atoms with van der Waals surface area (Å²) in [6.07, 6.45) is 2.96. The van der Waals surface area contributed by atoms with Gasteiger partial charge >= 0.3 is 0 Å². The van der Waals surface area contributed by atoms with Crippen LogP contribution in [0.3, 0.4) is 0 Å². The zero-order chi connectivity index (χ0) is 16.2. The van der Waals surface area contributed by atoms with Crippen LogP contribution in [0.15, 0.2) is 0 Å². The van der Waals surface area contributed by atoms with E-state index in [4.69, 9.17) is 0 Å². The molecule has 1 heterocycles. The van der Waals surface area contributed by atoms with Crippen molar-refractivity contribution in [3.05, 3.63) is 0 Å². The Morgan fingerprint density at radius 1 is 1.18 bits per heavy atom. The van der Waals surface area contributed by atoms with Crippen molar-refractivity contribution in [2.45, 2.75) is 19.3 Å². The van der Waals surface area contributed by atoms with Crippen molar-refractivity contribution in [2.75, 3.05) is 53.4 Å². The molecule has 3 amide bonds. The maximum atomic E-state index is 12.6. The summed E-state index contributed by atoms with van der Waals surface area (Å²) >= 11 is 0. The molecule has 0 aromatic rings. The first-order valence-electron chi connectivity index (χ1n) is 7.91. The van der Waals surface area contributed by atoms with Crippen molar-refractivity contribution in [3.8, 4) is 0 Å². The van der Waals surface area contributed by atoms with Gasteiger partial charge in [-0.3, -0.25) is 14.4 Å². The first kappa shape index (κ1) is 16.7. The fraction of sp³-hybridized carbons (Fsp3) is 0.800. The lowest BCUT2D eigenvalue weighted by molar-refractivity contribution is -0.146. The Labute approximate surface area is 131 Å². The minimum absolute atomic E-state index is 0.0665. The Bertz CT molecular complexity index is 427. The molecule has 0 atom stereocenters. The van der Waals surface area contributed by atoms with E-state index in [-0.39, 0.29) is 11.8 Å². The monoisotopic (exact) mass is 310 g/mol. The van der Waals surface area contributed by atoms with Gasteiger partial charge in [-0.2, -0.15) is 0 Å². The van der Waals surface area contributed by atoms with Gasteiger partial charge in [-0.1, -0.05) is 0 Å². The normalized spacial score (nSPS) is 20.0. The number of carbonyl (C=O) groups is 3. The molecule has 0 aromatic heterocycles. The standard InChI is InChI=1S/C15H26N4O3/c1-17(2)7-3-6-16-13(21)15(4-5-15)14(22)19-10-8-18(12-20)9-11-19/h12H,3-11H2,1-2H3,(H,16,21). The molecule has 1 saturated carbocycles. The smallest absolute Gasteiger partial charge is 0.238 e. The van der Waals surface area contributed by atoms with Gasteiger partial charge in [0.2, 0.25) is 18.2 Å². The summed E-state index contributed by atoms with van der Waals surface area (Å²) in [7, 11) is 3.99. The van der Waals surface area contributed by atoms with Crippen LogP contribution in [0.5, 0.6) is 0 Å². The molecule has 0 unspecified atom stereocenters. The van der Waals surface area contributed by atoms with Crippen molar-refractivity contribution < 1.29 is 14.4 Å². The number of rotatable bonds is 7. The predicted molar refractivity (Wildman–Crippen MR) is 82.1 cm³/mol. The second kappa shape index (κ2) is 7.09. The van der Waals surface area contributed by atoms with E-state index >= 15 is 0 Å². The molecule has 2 rings (SSSR count). The van der Waals surface area contributed by atoms with Crippen LogP contribution in [0.25, 0.3) is 0 Å². The van der Waals surface area contributed by atoms with Crippen molar-refractivity contribution in [2.24, 2.45) is 5.41 Å². The van der Waals surface area contributed by atoms with E-state index in [9.17, 15) is 14.4 Å². The highest BCUT2D eigenvalue weighted by Crippen LogP contribution is 2.47. The molecular formula is C15H26N4O3. The highest BCUT2D eigenvalue weighted by atomic mass is 16.2. The van der Waals surface area contributed by atoms with E-state index in [1.165, 1.54) is 0 Å². The average molecular weight is 310 g/mol. The van der Waals surface area contributed by atoms with E-state index in [0.717, 1.165) is 19.4 Å². The van der Waals surface area contributed by atoms with Crippen LogP contribution >= 0.6 is 0 Å². The summed E-state index contributed by atoms with van der Waals surface area (Å²) < 4.78 is 0. The Morgan fingerprint density at radius 3 is 2.32 bits per heavy atom. The Kier molecular flexibility index (Phi) is 5.39. The van der Waals surface area contributed by atoms with Crippen LogP contribution < -0.4 is 5.32 Å². The fourth-order valence-corrected chi connectivity index (χ4v) is 2.76. The van der Waals surface area contributed by atoms with Gasteiger partial charge in [0, 0.05) is 32.7 Å². The summed E-state index contributed by atoms with van der Waals surface area (Å²) in [5.74, 6) is -0.197. The Balaban J connectivity index is 1.81. The van der Waals surface area contributed by atoms with E-state index in [1.807, 2.05) is 14.1 Å². The molecule has 0 aromatic carbocycles.